The second kappa shape index (κ2) is 5.00. The molecular weight excluding hydrogens is 259 g/mol. The summed E-state index contributed by atoms with van der Waals surface area (Å²) in [5, 5.41) is 13.7. The molecular formula is C11H6Cl2N4. The van der Waals surface area contributed by atoms with Crippen LogP contribution >= 0.6 is 23.2 Å². The summed E-state index contributed by atoms with van der Waals surface area (Å²) in [5.74, 6) is 0. The number of hydrogen-bond acceptors (Lipinski definition) is 3. The van der Waals surface area contributed by atoms with Crippen molar-refractivity contribution in [2.75, 3.05) is 0 Å². The number of benzene rings is 1. The molecule has 0 aliphatic rings. The predicted octanol–water partition coefficient (Wildman–Crippen LogP) is 3.00. The maximum Gasteiger partial charge on any atom is 0.138 e. The van der Waals surface area contributed by atoms with Crippen LogP contribution < -0.4 is 0 Å². The van der Waals surface area contributed by atoms with Crippen molar-refractivity contribution in [2.45, 2.75) is 0 Å². The van der Waals surface area contributed by atoms with Crippen molar-refractivity contribution < 1.29 is 0 Å². The molecule has 0 bridgehead atoms. The minimum absolute atomic E-state index is 0.453. The van der Waals surface area contributed by atoms with E-state index in [1.807, 2.05) is 6.07 Å². The van der Waals surface area contributed by atoms with E-state index in [0.717, 1.165) is 0 Å². The molecule has 2 rings (SSSR count). The Bertz CT molecular complexity index is 596. The topological polar surface area (TPSA) is 54.5 Å². The summed E-state index contributed by atoms with van der Waals surface area (Å²) in [6.45, 7) is 0. The van der Waals surface area contributed by atoms with E-state index in [4.69, 9.17) is 28.5 Å². The van der Waals surface area contributed by atoms with E-state index in [1.54, 1.807) is 18.2 Å². The van der Waals surface area contributed by atoms with E-state index in [-0.39, 0.29) is 0 Å². The molecule has 0 unspecified atom stereocenters. The van der Waals surface area contributed by atoms with Gasteiger partial charge in [0.25, 0.3) is 0 Å². The van der Waals surface area contributed by atoms with Gasteiger partial charge in [-0.25, -0.2) is 9.67 Å². The number of aromatic nitrogens is 3. The van der Waals surface area contributed by atoms with E-state index in [1.165, 1.54) is 23.4 Å². The smallest absolute Gasteiger partial charge is 0.138 e. The van der Waals surface area contributed by atoms with Gasteiger partial charge in [-0.05, 0) is 18.2 Å². The van der Waals surface area contributed by atoms with Gasteiger partial charge in [0, 0.05) is 16.7 Å². The number of halogens is 2. The molecule has 84 valence electrons. The van der Waals surface area contributed by atoms with Crippen molar-refractivity contribution in [2.24, 2.45) is 0 Å². The van der Waals surface area contributed by atoms with Crippen LogP contribution in [0.3, 0.4) is 0 Å². The predicted molar refractivity (Wildman–Crippen MR) is 65.5 cm³/mol. The molecule has 1 aromatic carbocycles. The molecule has 0 amide bonds. The van der Waals surface area contributed by atoms with Gasteiger partial charge in [-0.3, -0.25) is 0 Å². The highest BCUT2D eigenvalue weighted by Gasteiger charge is 2.09. The van der Waals surface area contributed by atoms with Crippen LogP contribution in [0.2, 0.25) is 10.0 Å². The first-order valence-corrected chi connectivity index (χ1v) is 5.38. The number of hydrogen-bond donors (Lipinski definition) is 0. The molecule has 0 N–H and O–H groups in total. The van der Waals surface area contributed by atoms with Gasteiger partial charge in [0.15, 0.2) is 0 Å². The Kier molecular flexibility index (Phi) is 3.43. The third-order valence-corrected chi connectivity index (χ3v) is 2.62. The van der Waals surface area contributed by atoms with Crippen molar-refractivity contribution in [3.63, 3.8) is 0 Å². The fourth-order valence-corrected chi connectivity index (χ4v) is 1.86. The highest BCUT2D eigenvalue weighted by Crippen LogP contribution is 2.27. The molecule has 0 atom stereocenters. The van der Waals surface area contributed by atoms with Gasteiger partial charge < -0.3 is 0 Å². The molecule has 0 aliphatic heterocycles. The Labute approximate surface area is 108 Å². The summed E-state index contributed by atoms with van der Waals surface area (Å²) in [7, 11) is 0. The van der Waals surface area contributed by atoms with Crippen molar-refractivity contribution in [3.05, 3.63) is 52.5 Å². The molecule has 17 heavy (non-hydrogen) atoms. The van der Waals surface area contributed by atoms with Crippen molar-refractivity contribution in [1.29, 1.82) is 5.26 Å². The first kappa shape index (κ1) is 11.6. The van der Waals surface area contributed by atoms with Gasteiger partial charge in [0.05, 0.1) is 16.8 Å². The zero-order valence-corrected chi connectivity index (χ0v) is 10.0. The largest absolute Gasteiger partial charge is 0.223 e. The van der Waals surface area contributed by atoms with E-state index in [2.05, 4.69) is 10.1 Å². The number of allylic oxidation sites excluding steroid dienone is 1. The summed E-state index contributed by atoms with van der Waals surface area (Å²) >= 11 is 11.9. The zero-order chi connectivity index (χ0) is 12.3. The lowest BCUT2D eigenvalue weighted by Crippen LogP contribution is -2.00. The standard InChI is InChI=1S/C11H6Cl2N4/c12-8-1-2-9(10(13)5-8)11(3-4-14)17-7-15-6-16-17/h1-3,5-7H. The molecule has 4 nitrogen and oxygen atoms in total. The molecule has 0 saturated carbocycles. The van der Waals surface area contributed by atoms with Crippen LogP contribution in [0.5, 0.6) is 0 Å². The molecule has 2 aromatic rings. The summed E-state index contributed by atoms with van der Waals surface area (Å²) in [6, 6.07) is 7.00. The Morgan fingerprint density at radius 3 is 2.82 bits per heavy atom. The average molecular weight is 265 g/mol. The summed E-state index contributed by atoms with van der Waals surface area (Å²) in [4.78, 5) is 3.83. The summed E-state index contributed by atoms with van der Waals surface area (Å²) in [6.07, 6.45) is 4.23. The lowest BCUT2D eigenvalue weighted by molar-refractivity contribution is 0.903. The number of nitrogens with zero attached hydrogens (tertiary/aromatic N) is 4. The minimum atomic E-state index is 0.453. The summed E-state index contributed by atoms with van der Waals surface area (Å²) < 4.78 is 1.47. The molecule has 0 radical (unpaired) electrons. The zero-order valence-electron chi connectivity index (χ0n) is 8.51. The molecule has 0 aliphatic carbocycles. The third kappa shape index (κ3) is 2.47. The first-order chi connectivity index (χ1) is 8.22. The fourth-order valence-electron chi connectivity index (χ4n) is 1.36. The second-order valence-corrected chi connectivity index (χ2v) is 3.97. The van der Waals surface area contributed by atoms with Crippen molar-refractivity contribution >= 4 is 28.9 Å². The van der Waals surface area contributed by atoms with Crippen LogP contribution in [0, 0.1) is 11.3 Å². The maximum atomic E-state index is 8.79. The van der Waals surface area contributed by atoms with Crippen LogP contribution in [0.25, 0.3) is 5.70 Å². The Morgan fingerprint density at radius 2 is 2.24 bits per heavy atom. The van der Waals surface area contributed by atoms with Gasteiger partial charge in [0.2, 0.25) is 0 Å². The van der Waals surface area contributed by atoms with Crippen molar-refractivity contribution in [1.82, 2.24) is 14.8 Å². The van der Waals surface area contributed by atoms with E-state index in [0.29, 0.717) is 21.3 Å². The number of rotatable bonds is 2. The molecule has 6 heteroatoms. The molecule has 1 aromatic heterocycles. The Hall–Kier alpha value is -1.83. The van der Waals surface area contributed by atoms with Crippen LogP contribution in [0.15, 0.2) is 36.9 Å². The quantitative estimate of drug-likeness (QED) is 0.784. The molecule has 0 spiro atoms. The SMILES string of the molecule is N#CC=C(c1ccc(Cl)cc1Cl)n1cncn1. The van der Waals surface area contributed by atoms with Gasteiger partial charge in [-0.1, -0.05) is 23.2 Å². The van der Waals surface area contributed by atoms with Crippen LogP contribution in [0.1, 0.15) is 5.56 Å². The highest BCUT2D eigenvalue weighted by atomic mass is 35.5. The molecule has 0 fully saturated rings. The minimum Gasteiger partial charge on any atom is -0.223 e. The van der Waals surface area contributed by atoms with Gasteiger partial charge in [0.1, 0.15) is 12.7 Å². The van der Waals surface area contributed by atoms with E-state index < -0.39 is 0 Å². The van der Waals surface area contributed by atoms with Gasteiger partial charge in [-0.15, -0.1) is 0 Å². The van der Waals surface area contributed by atoms with Crippen LogP contribution in [-0.2, 0) is 0 Å². The Balaban J connectivity index is 2.56. The normalized spacial score (nSPS) is 11.2. The molecule has 1 heterocycles. The monoisotopic (exact) mass is 264 g/mol. The highest BCUT2D eigenvalue weighted by molar-refractivity contribution is 6.35. The van der Waals surface area contributed by atoms with Crippen molar-refractivity contribution in [3.8, 4) is 6.07 Å². The second-order valence-electron chi connectivity index (χ2n) is 3.12. The molecule has 0 saturated heterocycles. The van der Waals surface area contributed by atoms with Crippen LogP contribution in [-0.4, -0.2) is 14.8 Å². The average Bonchev–Trinajstić information content (AvgIpc) is 2.80. The lowest BCUT2D eigenvalue weighted by Gasteiger charge is -2.08. The number of nitriles is 1. The third-order valence-electron chi connectivity index (χ3n) is 2.07. The maximum absolute atomic E-state index is 8.79. The van der Waals surface area contributed by atoms with E-state index in [9.17, 15) is 0 Å². The lowest BCUT2D eigenvalue weighted by atomic mass is 10.1. The fraction of sp³-hybridized carbons (Fsp3) is 0. The van der Waals surface area contributed by atoms with Gasteiger partial charge in [-0.2, -0.15) is 10.4 Å². The summed E-state index contributed by atoms with van der Waals surface area (Å²) in [5.41, 5.74) is 1.22. The van der Waals surface area contributed by atoms with Gasteiger partial charge >= 0.3 is 0 Å². The van der Waals surface area contributed by atoms with E-state index >= 15 is 0 Å². The Morgan fingerprint density at radius 1 is 1.41 bits per heavy atom. The first-order valence-electron chi connectivity index (χ1n) is 4.62. The van der Waals surface area contributed by atoms with Crippen LogP contribution in [0.4, 0.5) is 0 Å².